The van der Waals surface area contributed by atoms with Crippen LogP contribution in [-0.2, 0) is 0 Å². The molecular formula is C7H6F2N2. The van der Waals surface area contributed by atoms with Crippen LogP contribution < -0.4 is 0 Å². The molecule has 0 radical (unpaired) electrons. The van der Waals surface area contributed by atoms with Gasteiger partial charge in [0.15, 0.2) is 11.7 Å². The predicted molar refractivity (Wildman–Crippen MR) is 39.5 cm³/mol. The number of allylic oxidation sites excluding steroid dienone is 4. The van der Waals surface area contributed by atoms with Crippen molar-refractivity contribution < 1.29 is 8.78 Å². The molecule has 4 heteroatoms. The second kappa shape index (κ2) is 2.74. The fraction of sp³-hybridized carbons (Fsp3) is 0.143. The van der Waals surface area contributed by atoms with Crippen molar-refractivity contribution >= 4 is 11.4 Å². The number of aliphatic imine (C=N–C) groups is 1. The minimum atomic E-state index is -1.01. The predicted octanol–water partition coefficient (Wildman–Crippen LogP) is 1.80. The third-order valence-corrected chi connectivity index (χ3v) is 1.28. The van der Waals surface area contributed by atoms with Crippen LogP contribution in [0.4, 0.5) is 8.78 Å². The van der Waals surface area contributed by atoms with Crippen LogP contribution in [0.15, 0.2) is 28.8 Å². The number of hydrogen-bond donors (Lipinski definition) is 1. The van der Waals surface area contributed by atoms with Crippen molar-refractivity contribution in [3.8, 4) is 0 Å². The molecule has 0 heterocycles. The van der Waals surface area contributed by atoms with Crippen molar-refractivity contribution in [1.82, 2.24) is 0 Å². The minimum absolute atomic E-state index is 0.105. The first-order valence-corrected chi connectivity index (χ1v) is 2.95. The molecule has 0 bridgehead atoms. The molecule has 0 spiro atoms. The Balaban J connectivity index is 3.08. The summed E-state index contributed by atoms with van der Waals surface area (Å²) in [6.07, 6.45) is 1.70. The van der Waals surface area contributed by atoms with E-state index in [0.717, 1.165) is 12.2 Å². The maximum atomic E-state index is 12.4. The Kier molecular flexibility index (Phi) is 1.94. The molecule has 0 unspecified atom stereocenters. The van der Waals surface area contributed by atoms with Crippen molar-refractivity contribution in [3.63, 3.8) is 0 Å². The van der Waals surface area contributed by atoms with E-state index in [1.165, 1.54) is 7.05 Å². The van der Waals surface area contributed by atoms with Gasteiger partial charge in [0.2, 0.25) is 0 Å². The third kappa shape index (κ3) is 1.39. The van der Waals surface area contributed by atoms with Crippen molar-refractivity contribution in [2.45, 2.75) is 0 Å². The molecule has 0 amide bonds. The van der Waals surface area contributed by atoms with E-state index in [1.807, 2.05) is 0 Å². The second-order valence-corrected chi connectivity index (χ2v) is 2.01. The molecule has 58 valence electrons. The monoisotopic (exact) mass is 156 g/mol. The van der Waals surface area contributed by atoms with E-state index in [0.29, 0.717) is 0 Å². The molecule has 0 aromatic rings. The average Bonchev–Trinajstić information content (AvgIpc) is 1.97. The maximum Gasteiger partial charge on any atom is 0.161 e. The number of hydrogen-bond acceptors (Lipinski definition) is 2. The second-order valence-electron chi connectivity index (χ2n) is 2.01. The lowest BCUT2D eigenvalue weighted by Crippen LogP contribution is -2.12. The molecule has 0 saturated heterocycles. The topological polar surface area (TPSA) is 36.2 Å². The van der Waals surface area contributed by atoms with Gasteiger partial charge in [0.25, 0.3) is 0 Å². The highest BCUT2D eigenvalue weighted by Gasteiger charge is 2.14. The van der Waals surface area contributed by atoms with E-state index >= 15 is 0 Å². The maximum absolute atomic E-state index is 12.4. The minimum Gasteiger partial charge on any atom is -0.299 e. The Hall–Kier alpha value is -1.32. The van der Waals surface area contributed by atoms with Gasteiger partial charge in [0, 0.05) is 19.2 Å². The van der Waals surface area contributed by atoms with Gasteiger partial charge in [-0.2, -0.15) is 0 Å². The van der Waals surface area contributed by atoms with Crippen LogP contribution >= 0.6 is 0 Å². The molecule has 0 atom stereocenters. The van der Waals surface area contributed by atoms with E-state index in [4.69, 9.17) is 5.41 Å². The summed E-state index contributed by atoms with van der Waals surface area (Å²) in [5.74, 6) is -1.98. The summed E-state index contributed by atoms with van der Waals surface area (Å²) in [6, 6.07) is 0. The van der Waals surface area contributed by atoms with Crippen molar-refractivity contribution in [2.75, 3.05) is 7.05 Å². The zero-order valence-corrected chi connectivity index (χ0v) is 5.86. The zero-order chi connectivity index (χ0) is 8.43. The van der Waals surface area contributed by atoms with Gasteiger partial charge >= 0.3 is 0 Å². The van der Waals surface area contributed by atoms with Gasteiger partial charge in [-0.25, -0.2) is 8.78 Å². The lowest BCUT2D eigenvalue weighted by Gasteiger charge is -2.04. The fourth-order valence-electron chi connectivity index (χ4n) is 0.721. The lowest BCUT2D eigenvalue weighted by molar-refractivity contribution is 0.546. The quantitative estimate of drug-likeness (QED) is 0.519. The first-order chi connectivity index (χ1) is 5.15. The Bertz CT molecular complexity index is 287. The molecular weight excluding hydrogens is 150 g/mol. The van der Waals surface area contributed by atoms with Gasteiger partial charge in [-0.1, -0.05) is 0 Å². The van der Waals surface area contributed by atoms with Crippen molar-refractivity contribution in [1.29, 1.82) is 5.41 Å². The Morgan fingerprint density at radius 3 is 2.36 bits per heavy atom. The number of nitrogens with one attached hydrogen (secondary N) is 1. The standard InChI is InChI=1S/C7H6F2N2/c1-11-7-3-5(9)4(8)2-6(7)10/h2-3,10H,1H3/b10-6?,11-7+. The highest BCUT2D eigenvalue weighted by molar-refractivity contribution is 6.50. The Morgan fingerprint density at radius 1 is 1.27 bits per heavy atom. The van der Waals surface area contributed by atoms with E-state index in [-0.39, 0.29) is 11.4 Å². The summed E-state index contributed by atoms with van der Waals surface area (Å²) in [5, 5.41) is 7.11. The molecule has 0 saturated carbocycles. The summed E-state index contributed by atoms with van der Waals surface area (Å²) < 4.78 is 24.8. The zero-order valence-electron chi connectivity index (χ0n) is 5.86. The van der Waals surface area contributed by atoms with Gasteiger partial charge in [-0.15, -0.1) is 0 Å². The third-order valence-electron chi connectivity index (χ3n) is 1.28. The van der Waals surface area contributed by atoms with Crippen LogP contribution in [0.5, 0.6) is 0 Å². The molecule has 11 heavy (non-hydrogen) atoms. The number of nitrogens with zero attached hydrogens (tertiary/aromatic N) is 1. The van der Waals surface area contributed by atoms with Crippen LogP contribution in [0.3, 0.4) is 0 Å². The van der Waals surface area contributed by atoms with Crippen LogP contribution in [0, 0.1) is 5.41 Å². The van der Waals surface area contributed by atoms with Gasteiger partial charge < -0.3 is 0 Å². The van der Waals surface area contributed by atoms with Gasteiger partial charge in [0.05, 0.1) is 11.4 Å². The molecule has 1 rings (SSSR count). The van der Waals surface area contributed by atoms with Crippen LogP contribution in [0.25, 0.3) is 0 Å². The SMILES string of the molecule is C/N=C1\C=C(F)C(F)=CC1=N. The van der Waals surface area contributed by atoms with Gasteiger partial charge in [-0.3, -0.25) is 10.4 Å². The molecule has 0 aromatic carbocycles. The van der Waals surface area contributed by atoms with Crippen LogP contribution in [-0.4, -0.2) is 18.5 Å². The Morgan fingerprint density at radius 2 is 1.82 bits per heavy atom. The molecule has 2 nitrogen and oxygen atoms in total. The Labute approximate surface area is 62.5 Å². The lowest BCUT2D eigenvalue weighted by atomic mass is 10.1. The van der Waals surface area contributed by atoms with E-state index in [1.54, 1.807) is 0 Å². The smallest absolute Gasteiger partial charge is 0.161 e. The molecule has 0 aliphatic heterocycles. The number of halogens is 2. The molecule has 1 N–H and O–H groups in total. The van der Waals surface area contributed by atoms with Crippen molar-refractivity contribution in [3.05, 3.63) is 23.8 Å². The first-order valence-electron chi connectivity index (χ1n) is 2.95. The normalized spacial score (nSPS) is 21.7. The largest absolute Gasteiger partial charge is 0.299 e. The van der Waals surface area contributed by atoms with E-state index < -0.39 is 11.7 Å². The summed E-state index contributed by atoms with van der Waals surface area (Å²) in [5.41, 5.74) is 0.0512. The van der Waals surface area contributed by atoms with Crippen LogP contribution in [0.1, 0.15) is 0 Å². The summed E-state index contributed by atoms with van der Waals surface area (Å²) in [4.78, 5) is 3.58. The van der Waals surface area contributed by atoms with E-state index in [2.05, 4.69) is 4.99 Å². The molecule has 0 fully saturated rings. The molecule has 1 aliphatic carbocycles. The summed E-state index contributed by atoms with van der Waals surface area (Å²) in [7, 11) is 1.42. The summed E-state index contributed by atoms with van der Waals surface area (Å²) in [6.45, 7) is 0. The van der Waals surface area contributed by atoms with Gasteiger partial charge in [-0.05, 0) is 0 Å². The van der Waals surface area contributed by atoms with Gasteiger partial charge in [0.1, 0.15) is 0 Å². The summed E-state index contributed by atoms with van der Waals surface area (Å²) >= 11 is 0. The highest BCUT2D eigenvalue weighted by atomic mass is 19.2. The van der Waals surface area contributed by atoms with Crippen molar-refractivity contribution in [2.24, 2.45) is 4.99 Å². The first kappa shape index (κ1) is 7.78. The molecule has 1 aliphatic rings. The highest BCUT2D eigenvalue weighted by Crippen LogP contribution is 2.17. The number of rotatable bonds is 0. The average molecular weight is 156 g/mol. The van der Waals surface area contributed by atoms with E-state index in [9.17, 15) is 8.78 Å². The molecule has 0 aromatic heterocycles. The fourth-order valence-corrected chi connectivity index (χ4v) is 0.721. The van der Waals surface area contributed by atoms with Crippen LogP contribution in [0.2, 0.25) is 0 Å².